The van der Waals surface area contributed by atoms with Gasteiger partial charge in [0.1, 0.15) is 0 Å². The number of halogens is 3. The number of anilines is 2. The summed E-state index contributed by atoms with van der Waals surface area (Å²) in [7, 11) is 0. The summed E-state index contributed by atoms with van der Waals surface area (Å²) in [5.74, 6) is 0. The van der Waals surface area contributed by atoms with Crippen molar-refractivity contribution in [2.24, 2.45) is 0 Å². The Morgan fingerprint density at radius 3 is 2.48 bits per heavy atom. The van der Waals surface area contributed by atoms with Crippen molar-refractivity contribution in [3.8, 4) is 0 Å². The van der Waals surface area contributed by atoms with Crippen molar-refractivity contribution >= 4 is 56.5 Å². The lowest BCUT2D eigenvalue weighted by atomic mass is 10.1. The van der Waals surface area contributed by atoms with Crippen molar-refractivity contribution in [2.75, 3.05) is 5.32 Å². The molecule has 0 amide bonds. The monoisotopic (exact) mass is 429 g/mol. The highest BCUT2D eigenvalue weighted by Gasteiger charge is 2.05. The van der Waals surface area contributed by atoms with Gasteiger partial charge < -0.3 is 17.7 Å². The number of hydrogen-bond acceptors (Lipinski definition) is 2. The summed E-state index contributed by atoms with van der Waals surface area (Å²) in [5.41, 5.74) is 4.00. The second-order valence-electron chi connectivity index (χ2n) is 4.60. The van der Waals surface area contributed by atoms with Gasteiger partial charge in [0, 0.05) is 31.0 Å². The van der Waals surface area contributed by atoms with Crippen molar-refractivity contribution in [3.05, 3.63) is 62.8 Å². The molecule has 21 heavy (non-hydrogen) atoms. The van der Waals surface area contributed by atoms with Crippen molar-refractivity contribution in [1.82, 2.24) is 4.98 Å². The van der Waals surface area contributed by atoms with Gasteiger partial charge in [0.15, 0.2) is 0 Å². The van der Waals surface area contributed by atoms with E-state index in [0.717, 1.165) is 28.0 Å². The van der Waals surface area contributed by atoms with E-state index in [-0.39, 0.29) is 12.4 Å². The SMILES string of the molecule is Cc1cc(Nc2ccc(I)cc2)c2cc(Cl)ccc2n1.[Cl-]. The third-order valence-electron chi connectivity index (χ3n) is 3.02. The van der Waals surface area contributed by atoms with Crippen molar-refractivity contribution in [3.63, 3.8) is 0 Å². The van der Waals surface area contributed by atoms with E-state index in [2.05, 4.69) is 57.2 Å². The maximum Gasteiger partial charge on any atom is 0.0727 e. The molecule has 1 aromatic heterocycles. The Labute approximate surface area is 148 Å². The maximum atomic E-state index is 6.10. The molecule has 0 aliphatic heterocycles. The van der Waals surface area contributed by atoms with Gasteiger partial charge >= 0.3 is 0 Å². The van der Waals surface area contributed by atoms with Crippen LogP contribution in [0.1, 0.15) is 5.69 Å². The summed E-state index contributed by atoms with van der Waals surface area (Å²) in [5, 5.41) is 5.19. The van der Waals surface area contributed by atoms with Gasteiger partial charge in [0.05, 0.1) is 5.52 Å². The Morgan fingerprint density at radius 1 is 1.05 bits per heavy atom. The van der Waals surface area contributed by atoms with Crippen LogP contribution in [0.25, 0.3) is 10.9 Å². The molecule has 2 aromatic carbocycles. The van der Waals surface area contributed by atoms with Crippen molar-refractivity contribution in [1.29, 1.82) is 0 Å². The van der Waals surface area contributed by atoms with Gasteiger partial charge in [-0.05, 0) is 78.0 Å². The van der Waals surface area contributed by atoms with Crippen LogP contribution < -0.4 is 17.7 Å². The van der Waals surface area contributed by atoms with Crippen LogP contribution >= 0.6 is 34.2 Å². The van der Waals surface area contributed by atoms with Crippen LogP contribution in [0.2, 0.25) is 5.02 Å². The van der Waals surface area contributed by atoms with Crippen molar-refractivity contribution < 1.29 is 12.4 Å². The van der Waals surface area contributed by atoms with E-state index in [1.807, 2.05) is 31.2 Å². The summed E-state index contributed by atoms with van der Waals surface area (Å²) in [6.07, 6.45) is 0. The highest BCUT2D eigenvalue weighted by molar-refractivity contribution is 14.1. The highest BCUT2D eigenvalue weighted by Crippen LogP contribution is 2.28. The molecule has 0 bridgehead atoms. The molecular formula is C16H12Cl2IN2-. The molecule has 0 fully saturated rings. The van der Waals surface area contributed by atoms with Crippen LogP contribution in [0.3, 0.4) is 0 Å². The summed E-state index contributed by atoms with van der Waals surface area (Å²) in [6, 6.07) is 16.1. The van der Waals surface area contributed by atoms with E-state index in [1.54, 1.807) is 0 Å². The van der Waals surface area contributed by atoms with Crippen LogP contribution in [-0.2, 0) is 0 Å². The van der Waals surface area contributed by atoms with E-state index in [1.165, 1.54) is 3.57 Å². The molecule has 1 N–H and O–H groups in total. The Balaban J connectivity index is 0.00000161. The van der Waals surface area contributed by atoms with E-state index in [0.29, 0.717) is 5.02 Å². The molecule has 0 radical (unpaired) electrons. The number of fused-ring (bicyclic) bond motifs is 1. The fraction of sp³-hybridized carbons (Fsp3) is 0.0625. The molecular weight excluding hydrogens is 418 g/mol. The number of pyridine rings is 1. The van der Waals surface area contributed by atoms with Crippen LogP contribution in [0.15, 0.2) is 48.5 Å². The molecule has 0 atom stereocenters. The molecule has 3 aromatic rings. The molecule has 0 aliphatic carbocycles. The van der Waals surface area contributed by atoms with Crippen molar-refractivity contribution in [2.45, 2.75) is 6.92 Å². The Kier molecular flexibility index (Phi) is 5.30. The van der Waals surface area contributed by atoms with Crippen LogP contribution in [-0.4, -0.2) is 4.98 Å². The molecule has 0 unspecified atom stereocenters. The summed E-state index contributed by atoms with van der Waals surface area (Å²) in [6.45, 7) is 1.99. The van der Waals surface area contributed by atoms with Gasteiger partial charge in [-0.1, -0.05) is 11.6 Å². The molecule has 5 heteroatoms. The van der Waals surface area contributed by atoms with Gasteiger partial charge in [0.25, 0.3) is 0 Å². The molecule has 0 spiro atoms. The predicted octanol–water partition coefficient (Wildman–Crippen LogP) is 2.55. The number of rotatable bonds is 2. The van der Waals surface area contributed by atoms with Crippen LogP contribution in [0.5, 0.6) is 0 Å². The largest absolute Gasteiger partial charge is 1.00 e. The Bertz CT molecular complexity index is 773. The first kappa shape index (κ1) is 16.3. The van der Waals surface area contributed by atoms with Gasteiger partial charge in [-0.2, -0.15) is 0 Å². The summed E-state index contributed by atoms with van der Waals surface area (Å²) < 4.78 is 1.21. The van der Waals surface area contributed by atoms with E-state index in [4.69, 9.17) is 11.6 Å². The fourth-order valence-corrected chi connectivity index (χ4v) is 2.65. The zero-order valence-corrected chi connectivity index (χ0v) is 14.9. The lowest BCUT2D eigenvalue weighted by Crippen LogP contribution is -3.00. The number of nitrogens with one attached hydrogen (secondary N) is 1. The first-order chi connectivity index (χ1) is 9.61. The zero-order valence-electron chi connectivity index (χ0n) is 11.2. The maximum absolute atomic E-state index is 6.10. The number of benzene rings is 2. The predicted molar refractivity (Wildman–Crippen MR) is 93.9 cm³/mol. The third-order valence-corrected chi connectivity index (χ3v) is 3.98. The average molecular weight is 430 g/mol. The Morgan fingerprint density at radius 2 is 1.76 bits per heavy atom. The number of aryl methyl sites for hydroxylation is 1. The number of hydrogen-bond donors (Lipinski definition) is 1. The lowest BCUT2D eigenvalue weighted by Gasteiger charge is -2.11. The molecule has 108 valence electrons. The second-order valence-corrected chi connectivity index (χ2v) is 6.29. The first-order valence-electron chi connectivity index (χ1n) is 6.21. The minimum atomic E-state index is 0. The van der Waals surface area contributed by atoms with Crippen LogP contribution in [0.4, 0.5) is 11.4 Å². The molecule has 0 aliphatic rings. The quantitative estimate of drug-likeness (QED) is 0.633. The standard InChI is InChI=1S/C16H12ClIN2.ClH/c1-10-8-16(20-13-5-3-12(18)4-6-13)14-9-11(17)2-7-15(14)19-10;/h2-9H,1H3,(H,19,20);1H/p-1. The molecule has 1 heterocycles. The van der Waals surface area contributed by atoms with Gasteiger partial charge in [-0.3, -0.25) is 4.98 Å². The third kappa shape index (κ3) is 3.78. The average Bonchev–Trinajstić information content (AvgIpc) is 2.42. The topological polar surface area (TPSA) is 24.9 Å². The normalized spacial score (nSPS) is 10.2. The van der Waals surface area contributed by atoms with E-state index < -0.39 is 0 Å². The van der Waals surface area contributed by atoms with Gasteiger partial charge in [0.2, 0.25) is 0 Å². The lowest BCUT2D eigenvalue weighted by molar-refractivity contribution is -0.00000384. The minimum absolute atomic E-state index is 0. The Hall–Kier alpha value is -1.04. The molecule has 0 saturated heterocycles. The van der Waals surface area contributed by atoms with E-state index >= 15 is 0 Å². The fourth-order valence-electron chi connectivity index (χ4n) is 2.12. The van der Waals surface area contributed by atoms with E-state index in [9.17, 15) is 0 Å². The van der Waals surface area contributed by atoms with Crippen LogP contribution in [0, 0.1) is 10.5 Å². The zero-order chi connectivity index (χ0) is 14.1. The molecule has 0 saturated carbocycles. The minimum Gasteiger partial charge on any atom is -1.00 e. The summed E-state index contributed by atoms with van der Waals surface area (Å²) in [4.78, 5) is 4.53. The smallest absolute Gasteiger partial charge is 0.0727 e. The second kappa shape index (κ2) is 6.81. The van der Waals surface area contributed by atoms with Gasteiger partial charge in [-0.15, -0.1) is 0 Å². The number of aromatic nitrogens is 1. The first-order valence-corrected chi connectivity index (χ1v) is 7.67. The van der Waals surface area contributed by atoms with Gasteiger partial charge in [-0.25, -0.2) is 0 Å². The summed E-state index contributed by atoms with van der Waals surface area (Å²) >= 11 is 8.39. The molecule has 3 rings (SSSR count). The number of nitrogens with zero attached hydrogens (tertiary/aromatic N) is 1. The highest BCUT2D eigenvalue weighted by atomic mass is 127. The molecule has 2 nitrogen and oxygen atoms in total.